The fraction of sp³-hybridized carbons (Fsp3) is 0.755. The van der Waals surface area contributed by atoms with Gasteiger partial charge in [-0.25, -0.2) is 0 Å². The van der Waals surface area contributed by atoms with Gasteiger partial charge in [-0.15, -0.1) is 0 Å². The fourth-order valence-electron chi connectivity index (χ4n) is 15.6. The van der Waals surface area contributed by atoms with E-state index in [-0.39, 0.29) is 0 Å². The van der Waals surface area contributed by atoms with Crippen molar-refractivity contribution >= 4 is 0 Å². The Bertz CT molecular complexity index is 2430. The van der Waals surface area contributed by atoms with Gasteiger partial charge in [-0.1, -0.05) is 225 Å². The van der Waals surface area contributed by atoms with Gasteiger partial charge >= 0.3 is 0 Å². The zero-order chi connectivity index (χ0) is 83.2. The van der Waals surface area contributed by atoms with E-state index in [9.17, 15) is 0 Å². The highest BCUT2D eigenvalue weighted by atomic mass is 16.7. The number of methoxy groups -OCH3 is 2. The molecule has 12 nitrogen and oxygen atoms in total. The lowest BCUT2D eigenvalue weighted by molar-refractivity contribution is 0.0365. The lowest BCUT2D eigenvalue weighted by Gasteiger charge is -2.33. The van der Waals surface area contributed by atoms with Crippen LogP contribution >= 0.6 is 0 Å². The van der Waals surface area contributed by atoms with Crippen molar-refractivity contribution in [3.8, 4) is 23.0 Å². The molecule has 2 heterocycles. The number of rotatable bonds is 18. The summed E-state index contributed by atoms with van der Waals surface area (Å²) in [5.41, 5.74) is 5.49. The molecule has 6 saturated carbocycles. The molecule has 0 amide bonds. The second-order valence-electron chi connectivity index (χ2n) is 30.8. The van der Waals surface area contributed by atoms with Crippen LogP contribution in [0.3, 0.4) is 0 Å². The van der Waals surface area contributed by atoms with Crippen molar-refractivity contribution in [2.45, 2.75) is 369 Å². The first-order valence-corrected chi connectivity index (χ1v) is 45.5. The van der Waals surface area contributed by atoms with E-state index in [1.165, 1.54) is 176 Å². The van der Waals surface area contributed by atoms with Gasteiger partial charge in [0.1, 0.15) is 0 Å². The Morgan fingerprint density at radius 2 is 0.436 bits per heavy atom. The lowest BCUT2D eigenvalue weighted by atomic mass is 9.86. The van der Waals surface area contributed by atoms with Crippen molar-refractivity contribution in [3.05, 3.63) is 119 Å². The minimum absolute atomic E-state index is 0.356. The normalized spacial score (nSPS) is 23.7. The Morgan fingerprint density at radius 3 is 0.645 bits per heavy atom. The second kappa shape index (κ2) is 69.1. The summed E-state index contributed by atoms with van der Waals surface area (Å²) in [5.74, 6) is 9.13. The van der Waals surface area contributed by atoms with E-state index in [0.717, 1.165) is 134 Å². The molecule has 0 saturated heterocycles. The number of benzene rings is 4. The molecule has 12 rings (SSSR count). The molecule has 0 unspecified atom stereocenters. The third kappa shape index (κ3) is 45.2. The predicted molar refractivity (Wildman–Crippen MR) is 482 cm³/mol. The smallest absolute Gasteiger partial charge is 0.231 e. The number of fused-ring (bicyclic) bond motifs is 2. The SMILES string of the molecule is CC.CC.CC.CC.CC.CC.CC.CC.CC1CCC(N(C)Cc2ccc3c(c2)OCO3)CC1.CC1CCC(N(C)Cc2ccc3c(c2)OCO3)CC1.CC1CCC(N(C)Cc2ccccc2)CC1.CC1CCC(N(C)Cc2ccccc2)CC1.COCN(C)C1CCC(C)CC1.COCN(C)C1CCC(C)CC1. The average molecular weight is 1540 g/mol. The molecule has 2 aliphatic heterocycles. The third-order valence-electron chi connectivity index (χ3n) is 22.6. The first kappa shape index (κ1) is 108. The average Bonchev–Trinajstić information content (AvgIpc) is 1.69. The number of hydrogen-bond acceptors (Lipinski definition) is 12. The van der Waals surface area contributed by atoms with Crippen molar-refractivity contribution < 1.29 is 28.4 Å². The maximum Gasteiger partial charge on any atom is 0.231 e. The monoisotopic (exact) mass is 1540 g/mol. The molecule has 110 heavy (non-hydrogen) atoms. The van der Waals surface area contributed by atoms with Gasteiger partial charge in [0.15, 0.2) is 23.0 Å². The molecular weight excluding hydrogens is 1360 g/mol. The first-order chi connectivity index (χ1) is 53.4. The number of nitrogens with zero attached hydrogens (tertiary/aromatic N) is 6. The lowest BCUT2D eigenvalue weighted by Crippen LogP contribution is -2.35. The molecule has 4 aromatic rings. The molecule has 0 N–H and O–H groups in total. The van der Waals surface area contributed by atoms with Gasteiger partial charge in [-0.2, -0.15) is 0 Å². The minimum atomic E-state index is 0.356. The molecule has 640 valence electrons. The van der Waals surface area contributed by atoms with Crippen LogP contribution in [0, 0.1) is 35.5 Å². The van der Waals surface area contributed by atoms with Crippen LogP contribution < -0.4 is 18.9 Å². The Kier molecular flexibility index (Phi) is 67.7. The summed E-state index contributed by atoms with van der Waals surface area (Å²) in [5, 5.41) is 0. The summed E-state index contributed by atoms with van der Waals surface area (Å²) in [6.45, 7) is 52.7. The van der Waals surface area contributed by atoms with Gasteiger partial charge in [0.2, 0.25) is 13.6 Å². The van der Waals surface area contributed by atoms with Crippen molar-refractivity contribution in [1.29, 1.82) is 0 Å². The summed E-state index contributed by atoms with van der Waals surface area (Å²) in [4.78, 5) is 14.7. The predicted octanol–water partition coefficient (Wildman–Crippen LogP) is 26.7. The molecule has 6 aliphatic carbocycles. The summed E-state index contributed by atoms with van der Waals surface area (Å²) in [7, 11) is 16.9. The zero-order valence-corrected chi connectivity index (χ0v) is 77.9. The molecule has 0 spiro atoms. The van der Waals surface area contributed by atoms with Gasteiger partial charge in [0.05, 0.1) is 13.5 Å². The van der Waals surface area contributed by atoms with E-state index in [4.69, 9.17) is 28.4 Å². The van der Waals surface area contributed by atoms with Crippen molar-refractivity contribution in [1.82, 2.24) is 29.4 Å². The van der Waals surface area contributed by atoms with Gasteiger partial charge in [0.25, 0.3) is 0 Å². The largest absolute Gasteiger partial charge is 0.454 e. The van der Waals surface area contributed by atoms with E-state index in [2.05, 4.69) is 198 Å². The summed E-state index contributed by atoms with van der Waals surface area (Å²) in [6.07, 6.45) is 32.9. The topological polar surface area (TPSA) is 74.8 Å². The fourth-order valence-corrected chi connectivity index (χ4v) is 15.6. The summed E-state index contributed by atoms with van der Waals surface area (Å²) >= 11 is 0. The highest BCUT2D eigenvalue weighted by Crippen LogP contribution is 2.37. The van der Waals surface area contributed by atoms with Gasteiger partial charge in [-0.05, 0) is 278 Å². The first-order valence-electron chi connectivity index (χ1n) is 45.5. The standard InChI is InChI=1S/2C16H23NO2.2C15H23N.2C10H21NO.8C2H6/c2*1-12-3-6-14(7-4-12)17(2)10-13-5-8-15-16(9-13)19-11-18-15;2*1-13-8-10-15(11-9-13)16(2)12-14-6-4-3-5-7-14;2*1-9-4-6-10(7-5-9)11(2)8-12-3;8*1-2/h2*5,8-9,12,14H,3-4,6-7,10-11H2,1-2H3;2*3-7,13,15H,8-12H2,1-2H3;2*9-10H,4-8H2,1-3H3;8*1-2H3. The number of ether oxygens (including phenoxy) is 6. The molecule has 0 atom stereocenters. The Hall–Kier alpha value is -4.24. The highest BCUT2D eigenvalue weighted by molar-refractivity contribution is 5.45. The van der Waals surface area contributed by atoms with E-state index in [1.54, 1.807) is 14.2 Å². The molecule has 0 bridgehead atoms. The molecule has 8 aliphatic rings. The molecule has 12 heteroatoms. The Morgan fingerprint density at radius 1 is 0.245 bits per heavy atom. The summed E-state index contributed by atoms with van der Waals surface area (Å²) < 4.78 is 31.8. The van der Waals surface area contributed by atoms with E-state index in [0.29, 0.717) is 13.6 Å². The van der Waals surface area contributed by atoms with Crippen LogP contribution in [0.1, 0.15) is 329 Å². The Balaban J connectivity index is 0. The van der Waals surface area contributed by atoms with Crippen LogP contribution in [0.5, 0.6) is 23.0 Å². The van der Waals surface area contributed by atoms with Crippen LogP contribution in [0.2, 0.25) is 0 Å². The van der Waals surface area contributed by atoms with Crippen molar-refractivity contribution in [2.24, 2.45) is 35.5 Å². The maximum absolute atomic E-state index is 5.44. The molecule has 4 aromatic carbocycles. The molecular formula is C98H182N6O6. The van der Waals surface area contributed by atoms with Crippen LogP contribution in [0.15, 0.2) is 97.1 Å². The molecule has 6 fully saturated rings. The van der Waals surface area contributed by atoms with E-state index < -0.39 is 0 Å². The van der Waals surface area contributed by atoms with Crippen LogP contribution in [-0.2, 0) is 35.7 Å². The quantitative estimate of drug-likeness (QED) is 0.0891. The van der Waals surface area contributed by atoms with Crippen LogP contribution in [0.25, 0.3) is 0 Å². The third-order valence-corrected chi connectivity index (χ3v) is 22.6. The van der Waals surface area contributed by atoms with Gasteiger partial charge in [0, 0.05) is 76.6 Å². The minimum Gasteiger partial charge on any atom is -0.454 e. The van der Waals surface area contributed by atoms with Crippen LogP contribution in [0.4, 0.5) is 0 Å². The highest BCUT2D eigenvalue weighted by Gasteiger charge is 2.28. The summed E-state index contributed by atoms with van der Waals surface area (Å²) in [6, 6.07) is 38.8. The maximum atomic E-state index is 5.44. The van der Waals surface area contributed by atoms with Crippen LogP contribution in [-0.4, -0.2) is 149 Å². The number of hydrogen-bond donors (Lipinski definition) is 0. The van der Waals surface area contributed by atoms with Gasteiger partial charge < -0.3 is 28.4 Å². The molecule has 0 radical (unpaired) electrons. The van der Waals surface area contributed by atoms with Crippen molar-refractivity contribution in [3.63, 3.8) is 0 Å². The zero-order valence-electron chi connectivity index (χ0n) is 77.9. The second-order valence-corrected chi connectivity index (χ2v) is 30.8. The Labute approximate surface area is 684 Å². The van der Waals surface area contributed by atoms with Crippen molar-refractivity contribution in [2.75, 3.05) is 83.6 Å². The van der Waals surface area contributed by atoms with E-state index >= 15 is 0 Å². The molecule has 0 aromatic heterocycles. The van der Waals surface area contributed by atoms with Gasteiger partial charge in [-0.3, -0.25) is 29.4 Å². The van der Waals surface area contributed by atoms with E-state index in [1.807, 2.05) is 123 Å².